The summed E-state index contributed by atoms with van der Waals surface area (Å²) >= 11 is 0. The Balaban J connectivity index is 2.52. The van der Waals surface area contributed by atoms with Gasteiger partial charge in [0.15, 0.2) is 0 Å². The largest absolute Gasteiger partial charge is 0.371 e. The molecule has 0 radical (unpaired) electrons. The standard InChI is InChI=1S/C6H7F2NO/c7-6(8)5-4(3-9)1-2-10-5/h4-6H,1-2H2. The molecule has 1 saturated heterocycles. The van der Waals surface area contributed by atoms with E-state index in [4.69, 9.17) is 5.26 Å². The molecule has 1 aliphatic rings. The summed E-state index contributed by atoms with van der Waals surface area (Å²) in [4.78, 5) is 0. The number of hydrogen-bond acceptors (Lipinski definition) is 2. The third-order valence-corrected chi connectivity index (χ3v) is 1.55. The number of ether oxygens (including phenoxy) is 1. The molecule has 1 aliphatic heterocycles. The molecule has 0 bridgehead atoms. The monoisotopic (exact) mass is 147 g/mol. The maximum absolute atomic E-state index is 11.9. The van der Waals surface area contributed by atoms with Gasteiger partial charge in [0, 0.05) is 6.61 Å². The second-order valence-electron chi connectivity index (χ2n) is 2.19. The minimum absolute atomic E-state index is 0.285. The third kappa shape index (κ3) is 1.24. The van der Waals surface area contributed by atoms with Crippen molar-refractivity contribution in [1.29, 1.82) is 5.26 Å². The van der Waals surface area contributed by atoms with Crippen molar-refractivity contribution >= 4 is 0 Å². The van der Waals surface area contributed by atoms with Crippen molar-refractivity contribution < 1.29 is 13.5 Å². The van der Waals surface area contributed by atoms with E-state index in [-0.39, 0.29) is 6.61 Å². The number of rotatable bonds is 1. The molecule has 0 spiro atoms. The summed E-state index contributed by atoms with van der Waals surface area (Å²) in [6, 6.07) is 1.79. The van der Waals surface area contributed by atoms with Crippen LogP contribution in [0.15, 0.2) is 0 Å². The lowest BCUT2D eigenvalue weighted by molar-refractivity contribution is -0.0317. The fraction of sp³-hybridized carbons (Fsp3) is 0.833. The highest BCUT2D eigenvalue weighted by atomic mass is 19.3. The topological polar surface area (TPSA) is 33.0 Å². The summed E-state index contributed by atoms with van der Waals surface area (Å²) in [5.74, 6) is -0.611. The van der Waals surface area contributed by atoms with Crippen LogP contribution in [0.2, 0.25) is 0 Å². The van der Waals surface area contributed by atoms with Gasteiger partial charge in [0.1, 0.15) is 6.10 Å². The van der Waals surface area contributed by atoms with E-state index in [2.05, 4.69) is 4.74 Å². The van der Waals surface area contributed by atoms with Crippen molar-refractivity contribution in [1.82, 2.24) is 0 Å². The van der Waals surface area contributed by atoms with Crippen LogP contribution in [0, 0.1) is 17.2 Å². The van der Waals surface area contributed by atoms with Crippen LogP contribution in [0.4, 0.5) is 8.78 Å². The molecule has 1 rings (SSSR count). The zero-order valence-corrected chi connectivity index (χ0v) is 5.26. The van der Waals surface area contributed by atoms with Crippen LogP contribution in [-0.2, 0) is 4.74 Å². The van der Waals surface area contributed by atoms with Crippen molar-refractivity contribution in [3.63, 3.8) is 0 Å². The summed E-state index contributed by atoms with van der Waals surface area (Å²) in [6.07, 6.45) is -3.23. The Hall–Kier alpha value is -0.690. The zero-order chi connectivity index (χ0) is 7.56. The Morgan fingerprint density at radius 3 is 2.70 bits per heavy atom. The highest BCUT2D eigenvalue weighted by Crippen LogP contribution is 2.24. The molecule has 2 nitrogen and oxygen atoms in total. The van der Waals surface area contributed by atoms with Gasteiger partial charge in [-0.1, -0.05) is 0 Å². The highest BCUT2D eigenvalue weighted by Gasteiger charge is 2.35. The lowest BCUT2D eigenvalue weighted by Gasteiger charge is -2.09. The predicted molar refractivity (Wildman–Crippen MR) is 29.5 cm³/mol. The Morgan fingerprint density at radius 1 is 1.60 bits per heavy atom. The average Bonchev–Trinajstić information content (AvgIpc) is 2.33. The van der Waals surface area contributed by atoms with Gasteiger partial charge < -0.3 is 4.74 Å². The molecule has 1 fully saturated rings. The lowest BCUT2D eigenvalue weighted by atomic mass is 10.0. The Kier molecular flexibility index (Phi) is 2.17. The maximum Gasteiger partial charge on any atom is 0.265 e. The van der Waals surface area contributed by atoms with Gasteiger partial charge >= 0.3 is 0 Å². The average molecular weight is 147 g/mol. The molecule has 4 heteroatoms. The van der Waals surface area contributed by atoms with Gasteiger partial charge in [-0.3, -0.25) is 0 Å². The van der Waals surface area contributed by atoms with E-state index in [9.17, 15) is 8.78 Å². The number of hydrogen-bond donors (Lipinski definition) is 0. The fourth-order valence-electron chi connectivity index (χ4n) is 0.998. The maximum atomic E-state index is 11.9. The summed E-state index contributed by atoms with van der Waals surface area (Å²) in [5, 5.41) is 8.32. The lowest BCUT2D eigenvalue weighted by Crippen LogP contribution is -2.23. The van der Waals surface area contributed by atoms with Gasteiger partial charge in [0.2, 0.25) is 0 Å². The zero-order valence-electron chi connectivity index (χ0n) is 5.26. The van der Waals surface area contributed by atoms with E-state index < -0.39 is 18.4 Å². The van der Waals surface area contributed by atoms with Gasteiger partial charge in [0.25, 0.3) is 6.43 Å². The van der Waals surface area contributed by atoms with Crippen LogP contribution >= 0.6 is 0 Å². The molecule has 1 heterocycles. The molecular formula is C6H7F2NO. The van der Waals surface area contributed by atoms with Crippen LogP contribution in [-0.4, -0.2) is 19.1 Å². The SMILES string of the molecule is N#CC1CCOC1C(F)F. The first-order valence-corrected chi connectivity index (χ1v) is 3.05. The normalized spacial score (nSPS) is 32.6. The van der Waals surface area contributed by atoms with Crippen LogP contribution in [0.3, 0.4) is 0 Å². The van der Waals surface area contributed by atoms with Gasteiger partial charge in [-0.25, -0.2) is 8.78 Å². The molecule has 0 amide bonds. The molecule has 0 aromatic heterocycles. The molecule has 0 saturated carbocycles. The van der Waals surface area contributed by atoms with Gasteiger partial charge in [-0.05, 0) is 6.42 Å². The van der Waals surface area contributed by atoms with Crippen LogP contribution in [0.5, 0.6) is 0 Å². The van der Waals surface area contributed by atoms with Crippen molar-refractivity contribution in [2.24, 2.45) is 5.92 Å². The van der Waals surface area contributed by atoms with E-state index in [0.29, 0.717) is 6.42 Å². The van der Waals surface area contributed by atoms with E-state index in [0.717, 1.165) is 0 Å². The minimum Gasteiger partial charge on any atom is -0.371 e. The molecule has 10 heavy (non-hydrogen) atoms. The summed E-state index contributed by atoms with van der Waals surface area (Å²) in [5.41, 5.74) is 0. The first-order valence-electron chi connectivity index (χ1n) is 3.05. The first kappa shape index (κ1) is 7.42. The van der Waals surface area contributed by atoms with E-state index >= 15 is 0 Å². The fourth-order valence-corrected chi connectivity index (χ4v) is 0.998. The summed E-state index contributed by atoms with van der Waals surface area (Å²) < 4.78 is 28.4. The second-order valence-corrected chi connectivity index (χ2v) is 2.19. The minimum atomic E-state index is -2.52. The first-order chi connectivity index (χ1) is 4.75. The Morgan fingerprint density at radius 2 is 2.30 bits per heavy atom. The molecule has 56 valence electrons. The van der Waals surface area contributed by atoms with Crippen molar-refractivity contribution in [2.75, 3.05) is 6.61 Å². The molecule has 0 N–H and O–H groups in total. The summed E-state index contributed by atoms with van der Waals surface area (Å²) in [6.45, 7) is 0.285. The van der Waals surface area contributed by atoms with Gasteiger partial charge in [-0.2, -0.15) is 5.26 Å². The molecule has 0 aromatic carbocycles. The van der Waals surface area contributed by atoms with E-state index in [1.165, 1.54) is 0 Å². The molecular weight excluding hydrogens is 140 g/mol. The predicted octanol–water partition coefficient (Wildman–Crippen LogP) is 1.18. The van der Waals surface area contributed by atoms with E-state index in [1.807, 2.05) is 0 Å². The number of halogens is 2. The Bertz CT molecular complexity index is 154. The van der Waals surface area contributed by atoms with Crippen molar-refractivity contribution in [2.45, 2.75) is 19.0 Å². The second kappa shape index (κ2) is 2.93. The smallest absolute Gasteiger partial charge is 0.265 e. The highest BCUT2D eigenvalue weighted by molar-refractivity contribution is 4.93. The van der Waals surface area contributed by atoms with E-state index in [1.54, 1.807) is 6.07 Å². The van der Waals surface area contributed by atoms with Crippen LogP contribution in [0.1, 0.15) is 6.42 Å². The molecule has 2 atom stereocenters. The van der Waals surface area contributed by atoms with Crippen LogP contribution < -0.4 is 0 Å². The Labute approximate surface area is 57.4 Å². The van der Waals surface area contributed by atoms with Crippen molar-refractivity contribution in [3.8, 4) is 6.07 Å². The quantitative estimate of drug-likeness (QED) is 0.558. The number of nitriles is 1. The number of nitrogens with zero attached hydrogens (tertiary/aromatic N) is 1. The summed E-state index contributed by atoms with van der Waals surface area (Å²) in [7, 11) is 0. The molecule has 2 unspecified atom stereocenters. The third-order valence-electron chi connectivity index (χ3n) is 1.55. The molecule has 0 aliphatic carbocycles. The van der Waals surface area contributed by atoms with Crippen LogP contribution in [0.25, 0.3) is 0 Å². The van der Waals surface area contributed by atoms with Crippen molar-refractivity contribution in [3.05, 3.63) is 0 Å². The number of alkyl halides is 2. The van der Waals surface area contributed by atoms with Gasteiger partial charge in [0.05, 0.1) is 12.0 Å². The molecule has 0 aromatic rings. The van der Waals surface area contributed by atoms with Gasteiger partial charge in [-0.15, -0.1) is 0 Å².